The molecule has 1 unspecified atom stereocenters. The van der Waals surface area contributed by atoms with Gasteiger partial charge in [0.2, 0.25) is 11.8 Å². The van der Waals surface area contributed by atoms with E-state index in [0.717, 1.165) is 49.2 Å². The fourth-order valence-corrected chi connectivity index (χ4v) is 5.11. The number of rotatable bonds is 6. The number of carbonyl (C=O) groups excluding carboxylic acids is 2. The van der Waals surface area contributed by atoms with Gasteiger partial charge in [0.15, 0.2) is 5.13 Å². The van der Waals surface area contributed by atoms with Gasteiger partial charge in [-0.1, -0.05) is 43.2 Å². The Hall–Kier alpha value is -3.45. The van der Waals surface area contributed by atoms with Crippen molar-refractivity contribution < 1.29 is 14.3 Å². The quantitative estimate of drug-likeness (QED) is 0.411. The van der Waals surface area contributed by atoms with Crippen molar-refractivity contribution in [2.75, 3.05) is 18.6 Å². The van der Waals surface area contributed by atoms with Gasteiger partial charge in [0.25, 0.3) is 0 Å². The third-order valence-electron chi connectivity index (χ3n) is 5.96. The Morgan fingerprint density at radius 1 is 1.09 bits per heavy atom. The number of aromatic nitrogens is 1. The SMILES string of the molecule is COc1ccc(C2CCCCCN2C(=O)C=Cc2csc(N(C(C)=O)c3ccccc3)n2)cc1. The summed E-state index contributed by atoms with van der Waals surface area (Å²) in [7, 11) is 1.65. The molecule has 2 aromatic carbocycles. The summed E-state index contributed by atoms with van der Waals surface area (Å²) in [4.78, 5) is 33.6. The van der Waals surface area contributed by atoms with Crippen LogP contribution in [0.3, 0.4) is 0 Å². The van der Waals surface area contributed by atoms with Crippen LogP contribution in [-0.2, 0) is 9.59 Å². The highest BCUT2D eigenvalue weighted by Gasteiger charge is 2.25. The van der Waals surface area contributed by atoms with Gasteiger partial charge in [0, 0.05) is 24.9 Å². The van der Waals surface area contributed by atoms with E-state index in [9.17, 15) is 9.59 Å². The van der Waals surface area contributed by atoms with E-state index in [2.05, 4.69) is 4.98 Å². The van der Waals surface area contributed by atoms with Gasteiger partial charge in [-0.3, -0.25) is 14.5 Å². The molecule has 1 aliphatic rings. The number of nitrogens with zero attached hydrogens (tertiary/aromatic N) is 3. The first-order chi connectivity index (χ1) is 16.6. The molecule has 0 saturated carbocycles. The Kier molecular flexibility index (Phi) is 7.75. The van der Waals surface area contributed by atoms with Crippen LogP contribution in [0.5, 0.6) is 5.75 Å². The summed E-state index contributed by atoms with van der Waals surface area (Å²) in [5.74, 6) is 0.674. The topological polar surface area (TPSA) is 62.7 Å². The molecule has 7 heteroatoms. The Morgan fingerprint density at radius 2 is 1.85 bits per heavy atom. The lowest BCUT2D eigenvalue weighted by molar-refractivity contribution is -0.128. The summed E-state index contributed by atoms with van der Waals surface area (Å²) in [5, 5.41) is 2.44. The molecule has 1 fully saturated rings. The minimum atomic E-state index is -0.112. The molecule has 176 valence electrons. The van der Waals surface area contributed by atoms with Crippen molar-refractivity contribution in [2.24, 2.45) is 0 Å². The molecule has 6 nitrogen and oxygen atoms in total. The van der Waals surface area contributed by atoms with Crippen molar-refractivity contribution >= 4 is 40.0 Å². The van der Waals surface area contributed by atoms with Crippen LogP contribution in [0.1, 0.15) is 49.9 Å². The maximum Gasteiger partial charge on any atom is 0.247 e. The highest BCUT2D eigenvalue weighted by atomic mass is 32.1. The third-order valence-corrected chi connectivity index (χ3v) is 6.81. The number of likely N-dealkylation sites (tertiary alicyclic amines) is 1. The van der Waals surface area contributed by atoms with Gasteiger partial charge in [0.1, 0.15) is 5.75 Å². The minimum Gasteiger partial charge on any atom is -0.497 e. The van der Waals surface area contributed by atoms with E-state index in [4.69, 9.17) is 4.74 Å². The van der Waals surface area contributed by atoms with E-state index in [1.54, 1.807) is 24.2 Å². The first-order valence-electron chi connectivity index (χ1n) is 11.5. The largest absolute Gasteiger partial charge is 0.497 e. The smallest absolute Gasteiger partial charge is 0.247 e. The van der Waals surface area contributed by atoms with Crippen molar-refractivity contribution in [1.29, 1.82) is 0 Å². The van der Waals surface area contributed by atoms with Gasteiger partial charge in [0.05, 0.1) is 24.5 Å². The van der Waals surface area contributed by atoms with Crippen LogP contribution in [0.25, 0.3) is 6.08 Å². The Morgan fingerprint density at radius 3 is 2.56 bits per heavy atom. The number of anilines is 2. The standard InChI is InChI=1S/C27H29N3O3S/c1-20(31)30(23-9-5-3-6-10-23)27-28-22(19-34-27)14-17-26(32)29-18-8-4-7-11-25(29)21-12-15-24(33-2)16-13-21/h3,5-6,9-10,12-17,19,25H,4,7-8,11,18H2,1-2H3. The van der Waals surface area contributed by atoms with Crippen molar-refractivity contribution in [2.45, 2.75) is 38.6 Å². The van der Waals surface area contributed by atoms with E-state index in [1.807, 2.05) is 64.9 Å². The number of methoxy groups -OCH3 is 1. The molecule has 1 aliphatic heterocycles. The third kappa shape index (κ3) is 5.54. The lowest BCUT2D eigenvalue weighted by Crippen LogP contribution is -2.33. The van der Waals surface area contributed by atoms with Crippen molar-refractivity contribution in [3.05, 3.63) is 77.3 Å². The van der Waals surface area contributed by atoms with Crippen LogP contribution in [0, 0.1) is 0 Å². The second-order valence-electron chi connectivity index (χ2n) is 8.25. The molecule has 0 N–H and O–H groups in total. The van der Waals surface area contributed by atoms with Crippen LogP contribution in [-0.4, -0.2) is 35.4 Å². The Bertz CT molecular complexity index is 1140. The Balaban J connectivity index is 1.51. The summed E-state index contributed by atoms with van der Waals surface area (Å²) >= 11 is 1.38. The molecule has 0 radical (unpaired) electrons. The number of thiazole rings is 1. The Labute approximate surface area is 204 Å². The number of amides is 2. The zero-order valence-electron chi connectivity index (χ0n) is 19.5. The van der Waals surface area contributed by atoms with Gasteiger partial charge in [-0.25, -0.2) is 4.98 Å². The molecule has 0 bridgehead atoms. The lowest BCUT2D eigenvalue weighted by atomic mass is 10.0. The van der Waals surface area contributed by atoms with Gasteiger partial charge in [-0.2, -0.15) is 0 Å². The van der Waals surface area contributed by atoms with Crippen LogP contribution in [0.2, 0.25) is 0 Å². The van der Waals surface area contributed by atoms with Crippen LogP contribution in [0.4, 0.5) is 10.8 Å². The van der Waals surface area contributed by atoms with Crippen LogP contribution in [0.15, 0.2) is 66.1 Å². The molecule has 1 saturated heterocycles. The summed E-state index contributed by atoms with van der Waals surface area (Å²) in [5.41, 5.74) is 2.55. The highest BCUT2D eigenvalue weighted by molar-refractivity contribution is 7.14. The van der Waals surface area contributed by atoms with Gasteiger partial charge < -0.3 is 9.64 Å². The second kappa shape index (κ2) is 11.1. The number of para-hydroxylation sites is 1. The average molecular weight is 476 g/mol. The molecule has 0 aliphatic carbocycles. The summed E-state index contributed by atoms with van der Waals surface area (Å²) < 4.78 is 5.28. The molecule has 2 amide bonds. The predicted molar refractivity (Wildman–Crippen MR) is 136 cm³/mol. The lowest BCUT2D eigenvalue weighted by Gasteiger charge is -2.29. The average Bonchev–Trinajstić information content (AvgIpc) is 3.17. The number of carbonyl (C=O) groups is 2. The normalized spacial score (nSPS) is 16.3. The van der Waals surface area contributed by atoms with Crippen molar-refractivity contribution in [3.8, 4) is 5.75 Å². The van der Waals surface area contributed by atoms with Gasteiger partial charge in [-0.15, -0.1) is 11.3 Å². The predicted octanol–water partition coefficient (Wildman–Crippen LogP) is 5.99. The molecule has 1 atom stereocenters. The van der Waals surface area contributed by atoms with E-state index < -0.39 is 0 Å². The van der Waals surface area contributed by atoms with Gasteiger partial charge >= 0.3 is 0 Å². The molecule has 0 spiro atoms. The molecular weight excluding hydrogens is 446 g/mol. The van der Waals surface area contributed by atoms with E-state index in [0.29, 0.717) is 10.8 Å². The molecule has 2 heterocycles. The first kappa shape index (κ1) is 23.7. The van der Waals surface area contributed by atoms with Crippen LogP contribution >= 0.6 is 11.3 Å². The molecule has 1 aromatic heterocycles. The number of hydrogen-bond donors (Lipinski definition) is 0. The maximum atomic E-state index is 13.2. The van der Waals surface area contributed by atoms with Gasteiger partial charge in [-0.05, 0) is 48.7 Å². The van der Waals surface area contributed by atoms with Crippen molar-refractivity contribution in [3.63, 3.8) is 0 Å². The highest BCUT2D eigenvalue weighted by Crippen LogP contribution is 2.32. The molecule has 4 rings (SSSR count). The van der Waals surface area contributed by atoms with Crippen molar-refractivity contribution in [1.82, 2.24) is 9.88 Å². The van der Waals surface area contributed by atoms with E-state index in [-0.39, 0.29) is 17.9 Å². The number of hydrogen-bond acceptors (Lipinski definition) is 5. The second-order valence-corrected chi connectivity index (χ2v) is 9.08. The van der Waals surface area contributed by atoms with E-state index in [1.165, 1.54) is 18.3 Å². The summed E-state index contributed by atoms with van der Waals surface area (Å²) in [6, 6.07) is 17.5. The maximum absolute atomic E-state index is 13.2. The summed E-state index contributed by atoms with van der Waals surface area (Å²) in [6.07, 6.45) is 7.49. The number of ether oxygens (including phenoxy) is 1. The fourth-order valence-electron chi connectivity index (χ4n) is 4.26. The van der Waals surface area contributed by atoms with Crippen LogP contribution < -0.4 is 9.64 Å². The molecular formula is C27H29N3O3S. The first-order valence-corrected chi connectivity index (χ1v) is 12.4. The zero-order chi connectivity index (χ0) is 23.9. The minimum absolute atomic E-state index is 0.0243. The zero-order valence-corrected chi connectivity index (χ0v) is 20.3. The molecule has 34 heavy (non-hydrogen) atoms. The summed E-state index contributed by atoms with van der Waals surface area (Å²) in [6.45, 7) is 2.25. The van der Waals surface area contributed by atoms with E-state index >= 15 is 0 Å². The number of benzene rings is 2. The monoisotopic (exact) mass is 475 g/mol. The molecule has 3 aromatic rings. The fraction of sp³-hybridized carbons (Fsp3) is 0.296.